The first-order valence-electron chi connectivity index (χ1n) is 10.2. The molecule has 4 rings (SSSR count). The molecule has 0 aromatic heterocycles. The highest BCUT2D eigenvalue weighted by Crippen LogP contribution is 2.38. The van der Waals surface area contributed by atoms with Gasteiger partial charge >= 0.3 is 5.97 Å². The van der Waals surface area contributed by atoms with Gasteiger partial charge in [-0.05, 0) is 36.6 Å². The smallest absolute Gasteiger partial charge is 0.337 e. The molecule has 6 heteroatoms. The first kappa shape index (κ1) is 20.3. The molecule has 4 N–H and O–H groups in total. The average Bonchev–Trinajstić information content (AvgIpc) is 2.77. The fourth-order valence-electron chi connectivity index (χ4n) is 3.89. The van der Waals surface area contributed by atoms with Gasteiger partial charge in [0, 0.05) is 16.8 Å². The lowest BCUT2D eigenvalue weighted by Crippen LogP contribution is -2.25. The summed E-state index contributed by atoms with van der Waals surface area (Å²) in [5, 5.41) is 12.7. The van der Waals surface area contributed by atoms with Gasteiger partial charge in [0.15, 0.2) is 11.6 Å². The molecule has 0 atom stereocenters. The van der Waals surface area contributed by atoms with Crippen molar-refractivity contribution >= 4 is 34.6 Å². The first-order chi connectivity index (χ1) is 14.9. The number of benzene rings is 3. The molecule has 156 valence electrons. The third kappa shape index (κ3) is 3.57. The Morgan fingerprint density at radius 1 is 0.968 bits per heavy atom. The molecule has 0 fully saturated rings. The van der Waals surface area contributed by atoms with Crippen molar-refractivity contribution in [1.29, 1.82) is 0 Å². The minimum absolute atomic E-state index is 0.0642. The van der Waals surface area contributed by atoms with E-state index in [-0.39, 0.29) is 45.0 Å². The maximum Gasteiger partial charge on any atom is 0.337 e. The molecule has 0 saturated carbocycles. The Labute approximate surface area is 179 Å². The number of nitrogens with two attached hydrogens (primary N) is 1. The van der Waals surface area contributed by atoms with E-state index in [9.17, 15) is 19.5 Å². The molecule has 1 aliphatic carbocycles. The van der Waals surface area contributed by atoms with Crippen LogP contribution in [0.1, 0.15) is 67.5 Å². The number of aromatic carboxylic acids is 1. The van der Waals surface area contributed by atoms with Crippen LogP contribution in [0.5, 0.6) is 0 Å². The van der Waals surface area contributed by atoms with E-state index in [2.05, 4.69) is 12.2 Å². The van der Waals surface area contributed by atoms with Gasteiger partial charge in [-0.2, -0.15) is 0 Å². The second-order valence-corrected chi connectivity index (χ2v) is 7.57. The molecule has 0 unspecified atom stereocenters. The van der Waals surface area contributed by atoms with Gasteiger partial charge in [0.05, 0.1) is 28.1 Å². The zero-order valence-corrected chi connectivity index (χ0v) is 17.1. The monoisotopic (exact) mass is 414 g/mol. The number of hydrogen-bond acceptors (Lipinski definition) is 5. The summed E-state index contributed by atoms with van der Waals surface area (Å²) in [4.78, 5) is 38.2. The van der Waals surface area contributed by atoms with E-state index in [1.54, 1.807) is 24.3 Å². The minimum atomic E-state index is -1.27. The topological polar surface area (TPSA) is 109 Å². The van der Waals surface area contributed by atoms with Gasteiger partial charge in [-0.3, -0.25) is 9.59 Å². The van der Waals surface area contributed by atoms with E-state index < -0.39 is 11.8 Å². The lowest BCUT2D eigenvalue weighted by Gasteiger charge is -2.23. The van der Waals surface area contributed by atoms with Crippen LogP contribution in [0.15, 0.2) is 54.6 Å². The molecule has 6 nitrogen and oxygen atoms in total. The zero-order valence-electron chi connectivity index (χ0n) is 17.1. The number of anilines is 3. The Morgan fingerprint density at radius 3 is 2.16 bits per heavy atom. The number of carboxylic acid groups (broad SMARTS) is 1. The van der Waals surface area contributed by atoms with E-state index in [1.807, 2.05) is 24.3 Å². The van der Waals surface area contributed by atoms with Crippen LogP contribution in [0.3, 0.4) is 0 Å². The van der Waals surface area contributed by atoms with Crippen molar-refractivity contribution in [3.8, 4) is 0 Å². The van der Waals surface area contributed by atoms with Crippen molar-refractivity contribution in [1.82, 2.24) is 0 Å². The number of carboxylic acids is 1. The van der Waals surface area contributed by atoms with Crippen LogP contribution < -0.4 is 11.1 Å². The predicted octanol–water partition coefficient (Wildman–Crippen LogP) is 4.83. The van der Waals surface area contributed by atoms with Crippen LogP contribution in [0, 0.1) is 0 Å². The van der Waals surface area contributed by atoms with Crippen LogP contribution in [-0.4, -0.2) is 22.6 Å². The Balaban J connectivity index is 1.83. The summed E-state index contributed by atoms with van der Waals surface area (Å²) >= 11 is 0. The highest BCUT2D eigenvalue weighted by Gasteiger charge is 2.35. The van der Waals surface area contributed by atoms with Crippen LogP contribution >= 0.6 is 0 Å². The third-order valence-corrected chi connectivity index (χ3v) is 5.52. The Kier molecular flexibility index (Phi) is 5.29. The van der Waals surface area contributed by atoms with Gasteiger partial charge in [0.25, 0.3) is 0 Å². The van der Waals surface area contributed by atoms with Crippen LogP contribution in [0.4, 0.5) is 17.1 Å². The molecule has 0 radical (unpaired) electrons. The Morgan fingerprint density at radius 2 is 1.58 bits per heavy atom. The van der Waals surface area contributed by atoms with Crippen molar-refractivity contribution in [3.05, 3.63) is 88.0 Å². The molecular weight excluding hydrogens is 392 g/mol. The summed E-state index contributed by atoms with van der Waals surface area (Å²) in [5.41, 5.74) is 8.30. The summed E-state index contributed by atoms with van der Waals surface area (Å²) in [6.07, 6.45) is 3.17. The van der Waals surface area contributed by atoms with E-state index in [0.717, 1.165) is 19.3 Å². The maximum absolute atomic E-state index is 13.3. The first-order valence-corrected chi connectivity index (χ1v) is 10.2. The van der Waals surface area contributed by atoms with Crippen molar-refractivity contribution in [3.63, 3.8) is 0 Å². The number of unbranched alkanes of at least 4 members (excludes halogenated alkanes) is 1. The number of carbonyl (C=O) groups is 3. The molecule has 0 heterocycles. The van der Waals surface area contributed by atoms with Gasteiger partial charge in [-0.15, -0.1) is 0 Å². The highest BCUT2D eigenvalue weighted by molar-refractivity contribution is 6.32. The van der Waals surface area contributed by atoms with Gasteiger partial charge in [-0.25, -0.2) is 4.79 Å². The number of nitrogen functional groups attached to an aromatic ring is 1. The SMILES string of the molecule is CCCCc1ccc(Nc2cc(C(=O)O)c(N)c3c2C(=O)c2ccccc2C3=O)cc1. The van der Waals surface area contributed by atoms with Crippen LogP contribution in [-0.2, 0) is 6.42 Å². The molecule has 0 bridgehead atoms. The predicted molar refractivity (Wildman–Crippen MR) is 119 cm³/mol. The summed E-state index contributed by atoms with van der Waals surface area (Å²) in [7, 11) is 0. The van der Waals surface area contributed by atoms with Crippen molar-refractivity contribution in [2.45, 2.75) is 26.2 Å². The molecule has 3 aromatic rings. The molecular formula is C25H22N2O4. The van der Waals surface area contributed by atoms with Gasteiger partial charge < -0.3 is 16.2 Å². The molecule has 0 spiro atoms. The maximum atomic E-state index is 13.3. The van der Waals surface area contributed by atoms with Gasteiger partial charge in [-0.1, -0.05) is 49.7 Å². The molecule has 1 aliphatic rings. The highest BCUT2D eigenvalue weighted by atomic mass is 16.4. The molecule has 3 aromatic carbocycles. The largest absolute Gasteiger partial charge is 0.478 e. The lowest BCUT2D eigenvalue weighted by molar-refractivity contribution is 0.0697. The molecule has 0 amide bonds. The lowest BCUT2D eigenvalue weighted by atomic mass is 9.81. The number of ketones is 2. The number of nitrogens with one attached hydrogen (secondary N) is 1. The quantitative estimate of drug-likeness (QED) is 0.390. The van der Waals surface area contributed by atoms with Crippen molar-refractivity contribution < 1.29 is 19.5 Å². The fourth-order valence-corrected chi connectivity index (χ4v) is 3.89. The van der Waals surface area contributed by atoms with E-state index >= 15 is 0 Å². The summed E-state index contributed by atoms with van der Waals surface area (Å²) in [5.74, 6) is -2.09. The van der Waals surface area contributed by atoms with E-state index in [1.165, 1.54) is 11.6 Å². The average molecular weight is 414 g/mol. The summed E-state index contributed by atoms with van der Waals surface area (Å²) < 4.78 is 0. The molecule has 31 heavy (non-hydrogen) atoms. The van der Waals surface area contributed by atoms with Crippen molar-refractivity contribution in [2.24, 2.45) is 0 Å². The molecule has 0 aliphatic heterocycles. The second-order valence-electron chi connectivity index (χ2n) is 7.57. The van der Waals surface area contributed by atoms with Crippen LogP contribution in [0.25, 0.3) is 0 Å². The van der Waals surface area contributed by atoms with E-state index in [0.29, 0.717) is 5.69 Å². The standard InChI is InChI=1S/C25H22N2O4/c1-2-3-6-14-9-11-15(12-10-14)27-19-13-18(25(30)31)22(26)21-20(19)23(28)16-7-4-5-8-17(16)24(21)29/h4-5,7-13,27H,2-3,6,26H2,1H3,(H,30,31). The summed E-state index contributed by atoms with van der Waals surface area (Å²) in [6.45, 7) is 2.14. The number of hydrogen-bond donors (Lipinski definition) is 3. The number of rotatable bonds is 6. The summed E-state index contributed by atoms with van der Waals surface area (Å²) in [6, 6.07) is 15.5. The third-order valence-electron chi connectivity index (χ3n) is 5.52. The second kappa shape index (κ2) is 8.07. The van der Waals surface area contributed by atoms with E-state index in [4.69, 9.17) is 5.73 Å². The number of fused-ring (bicyclic) bond motifs is 2. The number of carbonyl (C=O) groups excluding carboxylic acids is 2. The van der Waals surface area contributed by atoms with Gasteiger partial charge in [0.1, 0.15) is 0 Å². The normalized spacial score (nSPS) is 12.3. The number of aryl methyl sites for hydroxylation is 1. The zero-order chi connectivity index (χ0) is 22.1. The Bertz CT molecular complexity index is 1210. The Hall–Kier alpha value is -3.93. The van der Waals surface area contributed by atoms with Gasteiger partial charge in [0.2, 0.25) is 0 Å². The minimum Gasteiger partial charge on any atom is -0.478 e. The molecule has 0 saturated heterocycles. The van der Waals surface area contributed by atoms with Crippen molar-refractivity contribution in [2.75, 3.05) is 11.1 Å². The fraction of sp³-hybridized carbons (Fsp3) is 0.160. The van der Waals surface area contributed by atoms with Crippen LogP contribution in [0.2, 0.25) is 0 Å².